The number of rotatable bonds is 3. The predicted molar refractivity (Wildman–Crippen MR) is 175 cm³/mol. The van der Waals surface area contributed by atoms with Crippen LogP contribution in [0.5, 0.6) is 0 Å². The van der Waals surface area contributed by atoms with Crippen molar-refractivity contribution in [2.45, 2.75) is 0 Å². The van der Waals surface area contributed by atoms with Gasteiger partial charge in [-0.05, 0) is 62.0 Å². The second kappa shape index (κ2) is 8.95. The van der Waals surface area contributed by atoms with Crippen molar-refractivity contribution in [3.8, 4) is 33.4 Å². The minimum Gasteiger partial charge on any atom is -0.460 e. The maximum atomic E-state index is 6.69. The molecule has 0 radical (unpaired) electrons. The zero-order valence-electron chi connectivity index (χ0n) is 22.7. The summed E-state index contributed by atoms with van der Waals surface area (Å²) in [7, 11) is 0. The van der Waals surface area contributed by atoms with Crippen LogP contribution in [0, 0.1) is 0 Å². The van der Waals surface area contributed by atoms with Crippen molar-refractivity contribution in [3.63, 3.8) is 0 Å². The van der Waals surface area contributed by atoms with Crippen LogP contribution >= 0.6 is 0 Å². The molecule has 0 bridgehead atoms. The molecule has 9 rings (SSSR count). The molecule has 0 amide bonds. The van der Waals surface area contributed by atoms with Crippen molar-refractivity contribution < 1.29 is 8.83 Å². The van der Waals surface area contributed by atoms with Crippen LogP contribution in [0.3, 0.4) is 0 Å². The first-order valence-corrected chi connectivity index (χ1v) is 14.3. The summed E-state index contributed by atoms with van der Waals surface area (Å²) in [5.74, 6) is 0. The zero-order chi connectivity index (χ0) is 27.6. The Labute approximate surface area is 242 Å². The Bertz CT molecular complexity index is 2400. The summed E-state index contributed by atoms with van der Waals surface area (Å²) in [6.45, 7) is 0. The minimum absolute atomic E-state index is 0.790. The summed E-state index contributed by atoms with van der Waals surface area (Å²) in [6.07, 6.45) is 1.73. The molecule has 0 aliphatic heterocycles. The van der Waals surface area contributed by atoms with E-state index in [-0.39, 0.29) is 0 Å². The lowest BCUT2D eigenvalue weighted by atomic mass is 9.85. The molecule has 0 unspecified atom stereocenters. The van der Waals surface area contributed by atoms with Crippen LogP contribution in [0.1, 0.15) is 0 Å². The van der Waals surface area contributed by atoms with E-state index in [9.17, 15) is 0 Å². The summed E-state index contributed by atoms with van der Waals surface area (Å²) in [4.78, 5) is 0. The average molecular weight is 537 g/mol. The van der Waals surface area contributed by atoms with E-state index in [1.165, 1.54) is 49.4 Å². The zero-order valence-corrected chi connectivity index (χ0v) is 22.7. The molecule has 0 fully saturated rings. The average Bonchev–Trinajstić information content (AvgIpc) is 3.69. The van der Waals surface area contributed by atoms with Crippen molar-refractivity contribution >= 4 is 54.5 Å². The molecule has 0 spiro atoms. The molecule has 2 aromatic heterocycles. The van der Waals surface area contributed by atoms with E-state index in [1.807, 2.05) is 6.07 Å². The van der Waals surface area contributed by atoms with Gasteiger partial charge < -0.3 is 8.83 Å². The molecule has 0 saturated heterocycles. The Morgan fingerprint density at radius 3 is 1.71 bits per heavy atom. The molecule has 0 atom stereocenters. The molecule has 0 saturated carbocycles. The molecule has 42 heavy (non-hydrogen) atoms. The first-order valence-electron chi connectivity index (χ1n) is 14.3. The van der Waals surface area contributed by atoms with Gasteiger partial charge in [0, 0.05) is 27.3 Å². The standard InChI is InChI=1S/C40H24O2/c1-2-10-25(11-3-1)27-12-8-13-28(24-27)36-29-14-4-6-16-31(29)37(32-17-7-5-15-30(32)36)35-19-9-18-33-34-21-20-26-22-23-41-38(26)40(34)42-39(33)35/h1-24H. The Morgan fingerprint density at radius 1 is 0.357 bits per heavy atom. The molecule has 196 valence electrons. The van der Waals surface area contributed by atoms with Crippen LogP contribution in [0.25, 0.3) is 87.8 Å². The molecule has 2 heterocycles. The number of para-hydroxylation sites is 1. The van der Waals surface area contributed by atoms with E-state index >= 15 is 0 Å². The van der Waals surface area contributed by atoms with Gasteiger partial charge in [0.25, 0.3) is 0 Å². The monoisotopic (exact) mass is 536 g/mol. The van der Waals surface area contributed by atoms with E-state index < -0.39 is 0 Å². The number of benzene rings is 7. The largest absolute Gasteiger partial charge is 0.460 e. The fourth-order valence-electron chi connectivity index (χ4n) is 6.69. The highest BCUT2D eigenvalue weighted by Gasteiger charge is 2.21. The number of furan rings is 2. The lowest BCUT2D eigenvalue weighted by Gasteiger charge is -2.18. The first-order chi connectivity index (χ1) is 20.8. The molecular weight excluding hydrogens is 512 g/mol. The van der Waals surface area contributed by atoms with Gasteiger partial charge in [0.05, 0.1) is 6.26 Å². The summed E-state index contributed by atoms with van der Waals surface area (Å²) in [5.41, 5.74) is 9.61. The fourth-order valence-corrected chi connectivity index (χ4v) is 6.69. The van der Waals surface area contributed by atoms with Crippen LogP contribution in [0.4, 0.5) is 0 Å². The second-order valence-corrected chi connectivity index (χ2v) is 10.9. The third-order valence-corrected chi connectivity index (χ3v) is 8.54. The molecule has 0 N–H and O–H groups in total. The van der Waals surface area contributed by atoms with E-state index in [1.54, 1.807) is 6.26 Å². The van der Waals surface area contributed by atoms with Crippen molar-refractivity contribution in [2.75, 3.05) is 0 Å². The van der Waals surface area contributed by atoms with Gasteiger partial charge in [-0.1, -0.05) is 121 Å². The van der Waals surface area contributed by atoms with Gasteiger partial charge >= 0.3 is 0 Å². The van der Waals surface area contributed by atoms with Crippen LogP contribution in [0.15, 0.2) is 155 Å². The molecule has 2 heteroatoms. The van der Waals surface area contributed by atoms with E-state index in [4.69, 9.17) is 8.83 Å². The highest BCUT2D eigenvalue weighted by Crippen LogP contribution is 2.47. The van der Waals surface area contributed by atoms with Gasteiger partial charge in [0.15, 0.2) is 11.2 Å². The maximum Gasteiger partial charge on any atom is 0.178 e. The fraction of sp³-hybridized carbons (Fsp3) is 0. The van der Waals surface area contributed by atoms with Gasteiger partial charge in [0.1, 0.15) is 5.58 Å². The molecule has 9 aromatic rings. The van der Waals surface area contributed by atoms with Gasteiger partial charge in [-0.3, -0.25) is 0 Å². The molecule has 0 aliphatic carbocycles. The molecule has 7 aromatic carbocycles. The van der Waals surface area contributed by atoms with Crippen LogP contribution in [-0.4, -0.2) is 0 Å². The SMILES string of the molecule is c1ccc(-c2cccc(-c3c4ccccc4c(-c4cccc5c4oc4c5ccc5ccoc54)c4ccccc34)c2)cc1. The normalized spacial score (nSPS) is 11.8. The van der Waals surface area contributed by atoms with Crippen molar-refractivity contribution in [2.24, 2.45) is 0 Å². The van der Waals surface area contributed by atoms with Gasteiger partial charge in [-0.2, -0.15) is 0 Å². The summed E-state index contributed by atoms with van der Waals surface area (Å²) < 4.78 is 12.6. The Balaban J connectivity index is 1.38. The Hall–Kier alpha value is -5.60. The van der Waals surface area contributed by atoms with E-state index in [0.717, 1.165) is 38.5 Å². The van der Waals surface area contributed by atoms with Crippen molar-refractivity contribution in [1.29, 1.82) is 0 Å². The summed E-state index contributed by atoms with van der Waals surface area (Å²) in [6, 6.07) is 49.7. The second-order valence-electron chi connectivity index (χ2n) is 10.9. The number of hydrogen-bond acceptors (Lipinski definition) is 2. The van der Waals surface area contributed by atoms with E-state index in [0.29, 0.717) is 0 Å². The topological polar surface area (TPSA) is 26.3 Å². The third-order valence-electron chi connectivity index (χ3n) is 8.54. The molecular formula is C40H24O2. The summed E-state index contributed by atoms with van der Waals surface area (Å²) >= 11 is 0. The van der Waals surface area contributed by atoms with Crippen LogP contribution in [-0.2, 0) is 0 Å². The van der Waals surface area contributed by atoms with Crippen LogP contribution < -0.4 is 0 Å². The number of fused-ring (bicyclic) bond motifs is 7. The summed E-state index contributed by atoms with van der Waals surface area (Å²) in [5, 5.41) is 8.04. The first kappa shape index (κ1) is 23.1. The lowest BCUT2D eigenvalue weighted by molar-refractivity contribution is 0.600. The highest BCUT2D eigenvalue weighted by molar-refractivity contribution is 6.25. The Kier molecular flexibility index (Phi) is 4.93. The third kappa shape index (κ3) is 3.33. The smallest absolute Gasteiger partial charge is 0.178 e. The quantitative estimate of drug-likeness (QED) is 0.210. The van der Waals surface area contributed by atoms with Crippen molar-refractivity contribution in [1.82, 2.24) is 0 Å². The van der Waals surface area contributed by atoms with Gasteiger partial charge in [-0.25, -0.2) is 0 Å². The lowest BCUT2D eigenvalue weighted by Crippen LogP contribution is -1.91. The highest BCUT2D eigenvalue weighted by atomic mass is 16.4. The van der Waals surface area contributed by atoms with E-state index in [2.05, 4.69) is 133 Å². The van der Waals surface area contributed by atoms with Crippen LogP contribution in [0.2, 0.25) is 0 Å². The predicted octanol–water partition coefficient (Wildman–Crippen LogP) is 11.6. The number of hydrogen-bond donors (Lipinski definition) is 0. The van der Waals surface area contributed by atoms with Gasteiger partial charge in [-0.15, -0.1) is 0 Å². The Morgan fingerprint density at radius 2 is 0.952 bits per heavy atom. The maximum absolute atomic E-state index is 6.69. The van der Waals surface area contributed by atoms with Gasteiger partial charge in [0.2, 0.25) is 0 Å². The molecule has 0 aliphatic rings. The minimum atomic E-state index is 0.790. The van der Waals surface area contributed by atoms with Crippen molar-refractivity contribution in [3.05, 3.63) is 146 Å². The molecule has 2 nitrogen and oxygen atoms in total.